The molecule has 0 saturated carbocycles. The lowest BCUT2D eigenvalue weighted by Gasteiger charge is -2.22. The van der Waals surface area contributed by atoms with E-state index in [0.717, 1.165) is 26.4 Å². The van der Waals surface area contributed by atoms with Crippen molar-refractivity contribution in [1.82, 2.24) is 5.32 Å². The van der Waals surface area contributed by atoms with Crippen molar-refractivity contribution in [2.45, 2.75) is 32.1 Å². The Morgan fingerprint density at radius 3 is 2.29 bits per heavy atom. The van der Waals surface area contributed by atoms with E-state index in [9.17, 15) is 8.78 Å². The minimum absolute atomic E-state index is 0.103. The fourth-order valence-electron chi connectivity index (χ4n) is 2.35. The Morgan fingerprint density at radius 2 is 1.76 bits per heavy atom. The van der Waals surface area contributed by atoms with Crippen molar-refractivity contribution in [2.24, 2.45) is 5.92 Å². The lowest BCUT2D eigenvalue weighted by Crippen LogP contribution is -2.28. The molecule has 1 aliphatic heterocycles. The molecule has 1 heterocycles. The Kier molecular flexibility index (Phi) is 3.77. The highest BCUT2D eigenvalue weighted by Gasteiger charge is 2.23. The SMILES string of the molecule is CC(F)(F)c1ccc(CC2CCNCC2)cc1. The fraction of sp³-hybridized carbons (Fsp3) is 0.571. The second-order valence-electron chi connectivity index (χ2n) is 4.98. The molecule has 0 radical (unpaired) electrons. The first-order valence-electron chi connectivity index (χ1n) is 6.23. The normalized spacial score (nSPS) is 18.3. The maximum absolute atomic E-state index is 13.0. The van der Waals surface area contributed by atoms with Crippen molar-refractivity contribution >= 4 is 0 Å². The first-order chi connectivity index (χ1) is 8.05. The summed E-state index contributed by atoms with van der Waals surface area (Å²) in [4.78, 5) is 0. The number of benzene rings is 1. The van der Waals surface area contributed by atoms with E-state index in [1.807, 2.05) is 12.1 Å². The highest BCUT2D eigenvalue weighted by atomic mass is 19.3. The number of rotatable bonds is 3. The number of piperidine rings is 1. The van der Waals surface area contributed by atoms with Crippen LogP contribution in [0.4, 0.5) is 8.78 Å². The summed E-state index contributed by atoms with van der Waals surface area (Å²) in [5.41, 5.74) is 1.27. The average molecular weight is 239 g/mol. The molecule has 17 heavy (non-hydrogen) atoms. The molecule has 0 unspecified atom stereocenters. The molecule has 1 fully saturated rings. The Morgan fingerprint density at radius 1 is 1.18 bits per heavy atom. The van der Waals surface area contributed by atoms with Crippen LogP contribution in [0.15, 0.2) is 24.3 Å². The maximum Gasteiger partial charge on any atom is 0.270 e. The van der Waals surface area contributed by atoms with Crippen molar-refractivity contribution in [3.05, 3.63) is 35.4 Å². The Bertz CT molecular complexity index is 347. The molecule has 1 N–H and O–H groups in total. The van der Waals surface area contributed by atoms with E-state index >= 15 is 0 Å². The third-order valence-electron chi connectivity index (χ3n) is 3.44. The molecule has 0 aliphatic carbocycles. The smallest absolute Gasteiger partial charge is 0.270 e. The lowest BCUT2D eigenvalue weighted by atomic mass is 9.90. The van der Waals surface area contributed by atoms with Gasteiger partial charge >= 0.3 is 0 Å². The summed E-state index contributed by atoms with van der Waals surface area (Å²) in [7, 11) is 0. The summed E-state index contributed by atoms with van der Waals surface area (Å²) in [6, 6.07) is 6.79. The molecular formula is C14H19F2N. The summed E-state index contributed by atoms with van der Waals surface area (Å²) in [5, 5.41) is 3.33. The fourth-order valence-corrected chi connectivity index (χ4v) is 2.35. The molecule has 0 atom stereocenters. The van der Waals surface area contributed by atoms with Gasteiger partial charge in [0.25, 0.3) is 5.92 Å². The molecule has 0 amide bonds. The van der Waals surface area contributed by atoms with Crippen molar-refractivity contribution < 1.29 is 8.78 Å². The monoisotopic (exact) mass is 239 g/mol. The lowest BCUT2D eigenvalue weighted by molar-refractivity contribution is 0.0174. The molecule has 2 rings (SSSR count). The van der Waals surface area contributed by atoms with Crippen LogP contribution in [0.3, 0.4) is 0 Å². The summed E-state index contributed by atoms with van der Waals surface area (Å²) in [5.74, 6) is -2.03. The van der Waals surface area contributed by atoms with E-state index < -0.39 is 5.92 Å². The molecule has 1 aliphatic rings. The number of alkyl halides is 2. The number of hydrogen-bond acceptors (Lipinski definition) is 1. The number of hydrogen-bond donors (Lipinski definition) is 1. The Labute approximate surface area is 101 Å². The summed E-state index contributed by atoms with van der Waals surface area (Å²) >= 11 is 0. The highest BCUT2D eigenvalue weighted by molar-refractivity contribution is 5.25. The standard InChI is InChI=1S/C14H19F2N/c1-14(15,16)13-4-2-11(3-5-13)10-12-6-8-17-9-7-12/h2-5,12,17H,6-10H2,1H3. The van der Waals surface area contributed by atoms with Gasteiger partial charge in [-0.2, -0.15) is 0 Å². The third kappa shape index (κ3) is 3.50. The maximum atomic E-state index is 13.0. The quantitative estimate of drug-likeness (QED) is 0.853. The molecule has 0 aromatic heterocycles. The van der Waals surface area contributed by atoms with Gasteiger partial charge in [0.2, 0.25) is 0 Å². The van der Waals surface area contributed by atoms with E-state index in [1.165, 1.54) is 18.4 Å². The van der Waals surface area contributed by atoms with Crippen LogP contribution in [0.25, 0.3) is 0 Å². The second kappa shape index (κ2) is 5.13. The second-order valence-corrected chi connectivity index (χ2v) is 4.98. The summed E-state index contributed by atoms with van der Waals surface area (Å²) in [6.45, 7) is 3.10. The highest BCUT2D eigenvalue weighted by Crippen LogP contribution is 2.27. The van der Waals surface area contributed by atoms with E-state index in [4.69, 9.17) is 0 Å². The Hall–Kier alpha value is -0.960. The van der Waals surface area contributed by atoms with Gasteiger partial charge in [0.1, 0.15) is 0 Å². The van der Waals surface area contributed by atoms with Gasteiger partial charge in [0.05, 0.1) is 0 Å². The molecule has 1 aromatic rings. The average Bonchev–Trinajstić information content (AvgIpc) is 2.30. The molecule has 94 valence electrons. The van der Waals surface area contributed by atoms with Gasteiger partial charge in [-0.25, -0.2) is 8.78 Å². The minimum atomic E-state index is -2.73. The topological polar surface area (TPSA) is 12.0 Å². The van der Waals surface area contributed by atoms with Gasteiger partial charge in [0.15, 0.2) is 0 Å². The van der Waals surface area contributed by atoms with Crippen molar-refractivity contribution in [2.75, 3.05) is 13.1 Å². The first kappa shape index (κ1) is 12.5. The zero-order chi connectivity index (χ0) is 12.3. The molecule has 1 aromatic carbocycles. The Balaban J connectivity index is 1.98. The van der Waals surface area contributed by atoms with Crippen molar-refractivity contribution in [1.29, 1.82) is 0 Å². The van der Waals surface area contributed by atoms with Crippen LogP contribution in [0.5, 0.6) is 0 Å². The predicted octanol–water partition coefficient (Wildman–Crippen LogP) is 3.34. The molecule has 0 bridgehead atoms. The molecular weight excluding hydrogens is 220 g/mol. The van der Waals surface area contributed by atoms with Crippen LogP contribution in [-0.2, 0) is 12.3 Å². The zero-order valence-electron chi connectivity index (χ0n) is 10.2. The van der Waals surface area contributed by atoms with Gasteiger partial charge in [-0.15, -0.1) is 0 Å². The largest absolute Gasteiger partial charge is 0.317 e. The van der Waals surface area contributed by atoms with Gasteiger partial charge in [0, 0.05) is 12.5 Å². The minimum Gasteiger partial charge on any atom is -0.317 e. The third-order valence-corrected chi connectivity index (χ3v) is 3.44. The van der Waals surface area contributed by atoms with Crippen LogP contribution in [0, 0.1) is 5.92 Å². The molecule has 1 saturated heterocycles. The van der Waals surface area contributed by atoms with E-state index in [-0.39, 0.29) is 5.56 Å². The molecule has 3 heteroatoms. The summed E-state index contributed by atoms with van der Waals surface area (Å²) < 4.78 is 26.1. The van der Waals surface area contributed by atoms with E-state index in [1.54, 1.807) is 12.1 Å². The first-order valence-corrected chi connectivity index (χ1v) is 6.23. The van der Waals surface area contributed by atoms with Gasteiger partial charge in [-0.05, 0) is 43.8 Å². The van der Waals surface area contributed by atoms with Crippen molar-refractivity contribution in [3.63, 3.8) is 0 Å². The zero-order valence-corrected chi connectivity index (χ0v) is 10.2. The predicted molar refractivity (Wildman–Crippen MR) is 65.3 cm³/mol. The van der Waals surface area contributed by atoms with Crippen LogP contribution >= 0.6 is 0 Å². The van der Waals surface area contributed by atoms with Crippen LogP contribution in [0.1, 0.15) is 30.9 Å². The van der Waals surface area contributed by atoms with Gasteiger partial charge in [-0.3, -0.25) is 0 Å². The van der Waals surface area contributed by atoms with Gasteiger partial charge in [-0.1, -0.05) is 24.3 Å². The van der Waals surface area contributed by atoms with Crippen LogP contribution < -0.4 is 5.32 Å². The molecule has 0 spiro atoms. The van der Waals surface area contributed by atoms with Crippen LogP contribution in [0.2, 0.25) is 0 Å². The van der Waals surface area contributed by atoms with Crippen LogP contribution in [-0.4, -0.2) is 13.1 Å². The van der Waals surface area contributed by atoms with Crippen molar-refractivity contribution in [3.8, 4) is 0 Å². The van der Waals surface area contributed by atoms with E-state index in [0.29, 0.717) is 5.92 Å². The number of nitrogens with one attached hydrogen (secondary N) is 1. The number of halogens is 2. The molecule has 1 nitrogen and oxygen atoms in total. The van der Waals surface area contributed by atoms with Gasteiger partial charge < -0.3 is 5.32 Å². The van der Waals surface area contributed by atoms with E-state index in [2.05, 4.69) is 5.32 Å². The summed E-state index contributed by atoms with van der Waals surface area (Å²) in [6.07, 6.45) is 3.38.